The molecule has 1 spiro atoms. The van der Waals surface area contributed by atoms with E-state index in [4.69, 9.17) is 4.74 Å². The molecule has 5 aromatic rings. The Morgan fingerprint density at radius 3 is 1.92 bits per heavy atom. The molecule has 0 radical (unpaired) electrons. The molecule has 1 aliphatic carbocycles. The summed E-state index contributed by atoms with van der Waals surface area (Å²) < 4.78 is 9.38. The summed E-state index contributed by atoms with van der Waals surface area (Å²) in [5.41, 5.74) is 9.56. The third-order valence-electron chi connectivity index (χ3n) is 10.7. The topological polar surface area (TPSA) is 22.2 Å². The molecule has 6 heteroatoms. The summed E-state index contributed by atoms with van der Waals surface area (Å²) in [5.74, 6) is 1.37. The van der Waals surface area contributed by atoms with Crippen molar-refractivity contribution in [1.82, 2.24) is 9.80 Å². The predicted molar refractivity (Wildman–Crippen MR) is 188 cm³/mol. The Morgan fingerprint density at radius 2 is 1.21 bits per heavy atom. The molecule has 0 saturated carbocycles. The van der Waals surface area contributed by atoms with Crippen LogP contribution in [0.15, 0.2) is 116 Å². The van der Waals surface area contributed by atoms with Crippen LogP contribution >= 0.6 is 0 Å². The Balaban J connectivity index is 1.38. The summed E-state index contributed by atoms with van der Waals surface area (Å²) in [5, 5.41) is 0. The van der Waals surface area contributed by atoms with Gasteiger partial charge in [0.05, 0.1) is 0 Å². The quantitative estimate of drug-likeness (QED) is 0.147. The summed E-state index contributed by atoms with van der Waals surface area (Å²) in [6.07, 6.45) is 4.65. The van der Waals surface area contributed by atoms with Gasteiger partial charge < -0.3 is 0 Å². The van der Waals surface area contributed by atoms with E-state index in [9.17, 15) is 0 Å². The summed E-state index contributed by atoms with van der Waals surface area (Å²) in [7, 11) is 0. The normalized spacial score (nSPS) is 19.8. The zero-order valence-electron chi connectivity index (χ0n) is 27.5. The molecule has 5 nitrogen and oxygen atoms in total. The first-order valence-corrected chi connectivity index (χ1v) is 18.7. The van der Waals surface area contributed by atoms with Crippen LogP contribution in [0.1, 0.15) is 55.5 Å². The van der Waals surface area contributed by atoms with Gasteiger partial charge in [-0.15, -0.1) is 0 Å². The molecule has 0 atom stereocenters. The molecule has 0 saturated heterocycles. The van der Waals surface area contributed by atoms with E-state index in [1.807, 2.05) is 12.1 Å². The van der Waals surface area contributed by atoms with Gasteiger partial charge in [-0.25, -0.2) is 0 Å². The van der Waals surface area contributed by atoms with E-state index in [1.165, 1.54) is 47.5 Å². The van der Waals surface area contributed by atoms with Gasteiger partial charge in [0.2, 0.25) is 0 Å². The maximum atomic E-state index is 6.66. The first-order chi connectivity index (χ1) is 23.2. The van der Waals surface area contributed by atoms with Gasteiger partial charge in [-0.2, -0.15) is 0 Å². The van der Waals surface area contributed by atoms with Crippen LogP contribution in [0.2, 0.25) is 0 Å². The van der Waals surface area contributed by atoms with E-state index in [0.717, 1.165) is 11.1 Å². The Kier molecular flexibility index (Phi) is 5.57. The molecular formula is C42H34N4OPt-2. The van der Waals surface area contributed by atoms with Gasteiger partial charge in [-0.3, -0.25) is 0 Å². The molecule has 5 aromatic carbocycles. The van der Waals surface area contributed by atoms with Crippen LogP contribution in [0.25, 0.3) is 11.1 Å². The number of hydrogen-bond acceptors (Lipinski definition) is 5. The number of hydrogen-bond donors (Lipinski definition) is 0. The third-order valence-corrected chi connectivity index (χ3v) is 13.8. The van der Waals surface area contributed by atoms with Crippen LogP contribution in [0.3, 0.4) is 0 Å². The average molecular weight is 806 g/mol. The summed E-state index contributed by atoms with van der Waals surface area (Å²) in [4.78, 5) is 10.4. The molecule has 5 aliphatic rings. The monoisotopic (exact) mass is 805 g/mol. The third kappa shape index (κ3) is 3.40. The van der Waals surface area contributed by atoms with Crippen LogP contribution < -0.4 is 14.5 Å². The fourth-order valence-corrected chi connectivity index (χ4v) is 13.1. The van der Waals surface area contributed by atoms with Crippen molar-refractivity contribution in [3.8, 4) is 22.6 Å². The second-order valence-corrected chi connectivity index (χ2v) is 16.6. The molecule has 0 N–H and O–H groups in total. The molecule has 0 unspecified atom stereocenters. The Morgan fingerprint density at radius 1 is 0.604 bits per heavy atom. The van der Waals surface area contributed by atoms with Gasteiger partial charge in [0, 0.05) is 0 Å². The Hall–Kier alpha value is -4.73. The standard InChI is InChI=1S/C42H34N4O.Pt/c1-29-13-10-22-38-39(29)46-28-45(38)40(2,3)30-14-11-16-32(25-30)47-33-17-12-15-31(26-33)42(44-24-23-43(27-44)41(46,4)5)36-20-8-6-18-34(36)35-19-7-9-21-37(35)42;/h6-24H,1-5H3;/q-2;. The fourth-order valence-electron chi connectivity index (χ4n) is 8.41. The van der Waals surface area contributed by atoms with E-state index < -0.39 is 28.7 Å². The molecule has 6 bridgehead atoms. The number of rotatable bonds is 0. The molecular weight excluding hydrogens is 772 g/mol. The van der Waals surface area contributed by atoms with Crippen molar-refractivity contribution < 1.29 is 22.4 Å². The maximum absolute atomic E-state index is 6.66. The van der Waals surface area contributed by atoms with Crippen molar-refractivity contribution in [3.63, 3.8) is 0 Å². The van der Waals surface area contributed by atoms with Crippen molar-refractivity contribution >= 4 is 19.7 Å². The summed E-state index contributed by atoms with van der Waals surface area (Å²) in [6, 6.07) is 44.7. The van der Waals surface area contributed by atoms with Crippen LogP contribution in [0, 0.1) is 19.1 Å². The van der Waals surface area contributed by atoms with Gasteiger partial charge in [-0.05, 0) is 0 Å². The predicted octanol–water partition coefficient (Wildman–Crippen LogP) is 8.33. The van der Waals surface area contributed by atoms with Gasteiger partial charge in [0.25, 0.3) is 0 Å². The van der Waals surface area contributed by atoms with Crippen molar-refractivity contribution in [2.75, 3.05) is 9.80 Å². The zero-order valence-corrected chi connectivity index (χ0v) is 29.8. The van der Waals surface area contributed by atoms with Crippen molar-refractivity contribution in [3.05, 3.63) is 155 Å². The van der Waals surface area contributed by atoms with E-state index in [2.05, 4.69) is 170 Å². The molecule has 0 aromatic heterocycles. The Labute approximate surface area is 289 Å². The second kappa shape index (κ2) is 9.45. The van der Waals surface area contributed by atoms with Crippen LogP contribution in [0.5, 0.6) is 11.5 Å². The molecule has 4 heterocycles. The number of ether oxygens (including phenoxy) is 1. The minimum atomic E-state index is -0.747. The van der Waals surface area contributed by atoms with E-state index >= 15 is 0 Å². The zero-order chi connectivity index (χ0) is 32.6. The number of aryl methyl sites for hydroxylation is 1. The van der Waals surface area contributed by atoms with Crippen LogP contribution in [-0.4, -0.2) is 23.8 Å². The van der Waals surface area contributed by atoms with E-state index in [0.29, 0.717) is 11.5 Å². The average Bonchev–Trinajstić information content (AvgIpc) is 3.76. The number of nitrogens with zero attached hydrogens (tertiary/aromatic N) is 4. The minimum absolute atomic E-state index is 0.379. The van der Waals surface area contributed by atoms with E-state index in [1.54, 1.807) is 0 Å². The summed E-state index contributed by atoms with van der Waals surface area (Å²) >= 11 is -0.747. The van der Waals surface area contributed by atoms with Gasteiger partial charge in [0.15, 0.2) is 0 Å². The molecule has 0 amide bonds. The number of benzene rings is 5. The van der Waals surface area contributed by atoms with Crippen LogP contribution in [0.4, 0.5) is 11.4 Å². The molecule has 48 heavy (non-hydrogen) atoms. The van der Waals surface area contributed by atoms with Crippen molar-refractivity contribution in [1.29, 1.82) is 0 Å². The summed E-state index contributed by atoms with van der Waals surface area (Å²) in [6.45, 7) is 11.6. The van der Waals surface area contributed by atoms with Gasteiger partial charge in [-0.1, -0.05) is 0 Å². The number of para-hydroxylation sites is 1. The first-order valence-electron chi connectivity index (χ1n) is 16.4. The number of fused-ring (bicyclic) bond motifs is 14. The SMILES string of the molecule is Cc1cccc2c1N1[C]3=[Pt]=[C]4N(C=CN4C1(C)C)C1(c4[c-]c(ccc4)Oc4[c-]c(ccc4)C(C)(C)N32)c2ccccc2-c2ccccc21. The second-order valence-electron chi connectivity index (χ2n) is 14.0. The molecule has 4 aliphatic heterocycles. The molecule has 240 valence electrons. The van der Waals surface area contributed by atoms with Crippen molar-refractivity contribution in [2.45, 2.75) is 51.4 Å². The molecule has 0 fully saturated rings. The van der Waals surface area contributed by atoms with E-state index in [-0.39, 0.29) is 5.66 Å². The number of anilines is 2. The Bertz CT molecular complexity index is 2280. The fraction of sp³-hybridized carbons (Fsp3) is 0.190. The van der Waals surface area contributed by atoms with Gasteiger partial charge in [0.1, 0.15) is 0 Å². The van der Waals surface area contributed by atoms with Crippen molar-refractivity contribution in [2.24, 2.45) is 0 Å². The first kappa shape index (κ1) is 28.3. The van der Waals surface area contributed by atoms with Crippen LogP contribution in [-0.2, 0) is 28.7 Å². The molecule has 10 rings (SSSR count). The van der Waals surface area contributed by atoms with Gasteiger partial charge >= 0.3 is 291 Å².